The molecule has 3 aromatic carbocycles. The van der Waals surface area contributed by atoms with Crippen molar-refractivity contribution < 1.29 is 0 Å². The molecule has 0 N–H and O–H groups in total. The summed E-state index contributed by atoms with van der Waals surface area (Å²) >= 11 is 2.45. The molecule has 0 nitrogen and oxygen atoms in total. The van der Waals surface area contributed by atoms with E-state index in [4.69, 9.17) is 0 Å². The second-order valence-electron chi connectivity index (χ2n) is 4.14. The first-order chi connectivity index (χ1) is 7.75. The Kier molecular flexibility index (Phi) is 2.36. The smallest absolute Gasteiger partial charge is 0.0287 e. The van der Waals surface area contributed by atoms with Gasteiger partial charge in [0.1, 0.15) is 0 Å². The van der Waals surface area contributed by atoms with Crippen LogP contribution in [0.2, 0.25) is 0 Å². The highest BCUT2D eigenvalue weighted by Crippen LogP contribution is 2.29. The Labute approximate surface area is 108 Å². The third kappa shape index (κ3) is 1.50. The fourth-order valence-corrected chi connectivity index (χ4v) is 3.12. The van der Waals surface area contributed by atoms with Gasteiger partial charge >= 0.3 is 0 Å². The third-order valence-corrected chi connectivity index (χ3v) is 4.11. The van der Waals surface area contributed by atoms with E-state index in [0.29, 0.717) is 0 Å². The summed E-state index contributed by atoms with van der Waals surface area (Å²) in [6, 6.07) is 17.5. The average Bonchev–Trinajstić information content (AvgIpc) is 2.29. The topological polar surface area (TPSA) is 0 Å². The lowest BCUT2D eigenvalue weighted by molar-refractivity contribution is 1.51. The average molecular weight is 318 g/mol. The van der Waals surface area contributed by atoms with Crippen LogP contribution in [-0.2, 0) is 0 Å². The zero-order chi connectivity index (χ0) is 11.1. The van der Waals surface area contributed by atoms with Gasteiger partial charge in [0.05, 0.1) is 0 Å². The Bertz CT molecular complexity index is 683. The molecule has 78 valence electrons. The lowest BCUT2D eigenvalue weighted by Gasteiger charge is -2.06. The van der Waals surface area contributed by atoms with Crippen LogP contribution in [0.15, 0.2) is 48.5 Å². The Morgan fingerprint density at radius 2 is 1.56 bits per heavy atom. The molecule has 0 heterocycles. The molecule has 0 aliphatic rings. The lowest BCUT2D eigenvalue weighted by Crippen LogP contribution is -1.83. The lowest BCUT2D eigenvalue weighted by atomic mass is 10.0. The van der Waals surface area contributed by atoms with Gasteiger partial charge < -0.3 is 0 Å². The van der Waals surface area contributed by atoms with E-state index < -0.39 is 0 Å². The second kappa shape index (κ2) is 3.74. The Hall–Kier alpha value is -1.09. The second-order valence-corrected chi connectivity index (χ2v) is 5.22. The van der Waals surface area contributed by atoms with E-state index in [0.717, 1.165) is 0 Å². The van der Waals surface area contributed by atoms with E-state index >= 15 is 0 Å². The predicted molar refractivity (Wildman–Crippen MR) is 78.9 cm³/mol. The molecule has 0 unspecified atom stereocenters. The van der Waals surface area contributed by atoms with Crippen LogP contribution in [0.1, 0.15) is 5.56 Å². The highest BCUT2D eigenvalue weighted by atomic mass is 127. The van der Waals surface area contributed by atoms with Gasteiger partial charge in [0.2, 0.25) is 0 Å². The van der Waals surface area contributed by atoms with E-state index in [1.807, 2.05) is 0 Å². The minimum Gasteiger partial charge on any atom is -0.0616 e. The van der Waals surface area contributed by atoms with Crippen LogP contribution in [-0.4, -0.2) is 0 Å². The van der Waals surface area contributed by atoms with Crippen LogP contribution in [0, 0.1) is 10.5 Å². The van der Waals surface area contributed by atoms with Gasteiger partial charge in [-0.1, -0.05) is 48.0 Å². The predicted octanol–water partition coefficient (Wildman–Crippen LogP) is 4.91. The molecule has 0 fully saturated rings. The molecule has 0 aliphatic heterocycles. The quantitative estimate of drug-likeness (QED) is 0.408. The number of hydrogen-bond acceptors (Lipinski definition) is 0. The number of rotatable bonds is 0. The van der Waals surface area contributed by atoms with Crippen molar-refractivity contribution >= 4 is 44.1 Å². The largest absolute Gasteiger partial charge is 0.0616 e. The molecule has 0 radical (unpaired) electrons. The SMILES string of the molecule is Cc1ccc2c(I)c3ccccc3cc2c1. The van der Waals surface area contributed by atoms with Gasteiger partial charge in [-0.3, -0.25) is 0 Å². The van der Waals surface area contributed by atoms with Crippen molar-refractivity contribution in [3.63, 3.8) is 0 Å². The van der Waals surface area contributed by atoms with E-state index in [1.54, 1.807) is 0 Å². The zero-order valence-electron chi connectivity index (χ0n) is 9.00. The summed E-state index contributed by atoms with van der Waals surface area (Å²) in [5.41, 5.74) is 1.32. The summed E-state index contributed by atoms with van der Waals surface area (Å²) in [6.45, 7) is 2.14. The number of aryl methyl sites for hydroxylation is 1. The van der Waals surface area contributed by atoms with E-state index in [-0.39, 0.29) is 0 Å². The van der Waals surface area contributed by atoms with Crippen molar-refractivity contribution in [1.82, 2.24) is 0 Å². The number of fused-ring (bicyclic) bond motifs is 2. The molecule has 0 saturated heterocycles. The van der Waals surface area contributed by atoms with Crippen molar-refractivity contribution in [1.29, 1.82) is 0 Å². The monoisotopic (exact) mass is 318 g/mol. The van der Waals surface area contributed by atoms with Gasteiger partial charge in [-0.25, -0.2) is 0 Å². The molecular formula is C15H11I. The van der Waals surface area contributed by atoms with Crippen molar-refractivity contribution in [2.75, 3.05) is 0 Å². The maximum Gasteiger partial charge on any atom is 0.0287 e. The summed E-state index contributed by atoms with van der Waals surface area (Å²) in [6.07, 6.45) is 0. The third-order valence-electron chi connectivity index (χ3n) is 2.95. The highest BCUT2D eigenvalue weighted by molar-refractivity contribution is 14.1. The first kappa shape index (κ1) is 10.1. The molecule has 0 aliphatic carbocycles. The van der Waals surface area contributed by atoms with Crippen LogP contribution in [0.5, 0.6) is 0 Å². The van der Waals surface area contributed by atoms with E-state index in [1.165, 1.54) is 30.7 Å². The Morgan fingerprint density at radius 3 is 2.44 bits per heavy atom. The van der Waals surface area contributed by atoms with Crippen molar-refractivity contribution in [2.45, 2.75) is 6.92 Å². The fraction of sp³-hybridized carbons (Fsp3) is 0.0667. The maximum absolute atomic E-state index is 2.45. The minimum atomic E-state index is 1.32. The first-order valence-corrected chi connectivity index (χ1v) is 6.41. The molecule has 0 saturated carbocycles. The summed E-state index contributed by atoms with van der Waals surface area (Å²) in [5.74, 6) is 0. The summed E-state index contributed by atoms with van der Waals surface area (Å²) in [7, 11) is 0. The standard InChI is InChI=1S/C15H11I/c1-10-6-7-14-12(8-10)9-11-4-2-3-5-13(11)15(14)16/h2-9H,1H3. The van der Waals surface area contributed by atoms with Gasteiger partial charge in [-0.2, -0.15) is 0 Å². The molecule has 0 spiro atoms. The van der Waals surface area contributed by atoms with Crippen molar-refractivity contribution in [2.24, 2.45) is 0 Å². The van der Waals surface area contributed by atoms with Crippen LogP contribution >= 0.6 is 22.6 Å². The summed E-state index contributed by atoms with van der Waals surface area (Å²) in [4.78, 5) is 0. The summed E-state index contributed by atoms with van der Waals surface area (Å²) < 4.78 is 1.35. The molecule has 0 amide bonds. The van der Waals surface area contributed by atoms with Gasteiger partial charge in [-0.05, 0) is 57.1 Å². The van der Waals surface area contributed by atoms with Gasteiger partial charge in [0, 0.05) is 3.57 Å². The molecule has 0 bridgehead atoms. The molecule has 3 aromatic rings. The van der Waals surface area contributed by atoms with Crippen molar-refractivity contribution in [3.05, 3.63) is 57.7 Å². The van der Waals surface area contributed by atoms with Crippen LogP contribution in [0.4, 0.5) is 0 Å². The van der Waals surface area contributed by atoms with Crippen molar-refractivity contribution in [3.8, 4) is 0 Å². The van der Waals surface area contributed by atoms with Crippen LogP contribution in [0.3, 0.4) is 0 Å². The van der Waals surface area contributed by atoms with Gasteiger partial charge in [0.15, 0.2) is 0 Å². The molecular weight excluding hydrogens is 307 g/mol. The van der Waals surface area contributed by atoms with Crippen LogP contribution < -0.4 is 0 Å². The molecule has 0 aromatic heterocycles. The fourth-order valence-electron chi connectivity index (χ4n) is 2.14. The number of hydrogen-bond donors (Lipinski definition) is 0. The van der Waals surface area contributed by atoms with Gasteiger partial charge in [0.25, 0.3) is 0 Å². The van der Waals surface area contributed by atoms with E-state index in [2.05, 4.69) is 78.0 Å². The number of benzene rings is 3. The molecule has 0 atom stereocenters. The Morgan fingerprint density at radius 1 is 0.812 bits per heavy atom. The summed E-state index contributed by atoms with van der Waals surface area (Å²) in [5, 5.41) is 5.36. The highest BCUT2D eigenvalue weighted by Gasteiger charge is 2.04. The minimum absolute atomic E-state index is 1.32. The molecule has 16 heavy (non-hydrogen) atoms. The van der Waals surface area contributed by atoms with E-state index in [9.17, 15) is 0 Å². The number of halogens is 1. The molecule has 1 heteroatoms. The zero-order valence-corrected chi connectivity index (χ0v) is 11.2. The maximum atomic E-state index is 2.45. The molecule has 3 rings (SSSR count). The normalized spacial score (nSPS) is 11.1. The van der Waals surface area contributed by atoms with Gasteiger partial charge in [-0.15, -0.1) is 0 Å². The Balaban J connectivity index is 2.55. The van der Waals surface area contributed by atoms with Crippen LogP contribution in [0.25, 0.3) is 21.5 Å². The first-order valence-electron chi connectivity index (χ1n) is 5.33.